The van der Waals surface area contributed by atoms with E-state index >= 15 is 0 Å². The summed E-state index contributed by atoms with van der Waals surface area (Å²) < 4.78 is 6.37. The van der Waals surface area contributed by atoms with Crippen molar-refractivity contribution < 1.29 is 9.13 Å². The highest BCUT2D eigenvalue weighted by molar-refractivity contribution is 6.09. The Bertz CT molecular complexity index is 1350. The first-order chi connectivity index (χ1) is 15.6. The molecular formula is C29H27N3+2. The molecule has 3 heteroatoms. The van der Waals surface area contributed by atoms with Gasteiger partial charge in [0.2, 0.25) is 0 Å². The average Bonchev–Trinajstić information content (AvgIpc) is 3.09. The molecule has 3 heterocycles. The normalized spacial score (nSPS) is 12.0. The Hall–Kier alpha value is -3.98. The highest BCUT2D eigenvalue weighted by atomic mass is 14.9. The summed E-state index contributed by atoms with van der Waals surface area (Å²) in [6, 6.07) is 21.9. The van der Waals surface area contributed by atoms with Crippen molar-refractivity contribution in [3.63, 3.8) is 0 Å². The van der Waals surface area contributed by atoms with E-state index in [4.69, 9.17) is 0 Å². The number of aromatic nitrogens is 3. The lowest BCUT2D eigenvalue weighted by molar-refractivity contribution is -0.671. The fourth-order valence-corrected chi connectivity index (χ4v) is 4.09. The lowest BCUT2D eigenvalue weighted by atomic mass is 10.1. The second-order valence-electron chi connectivity index (χ2n) is 8.37. The van der Waals surface area contributed by atoms with Gasteiger partial charge in [-0.25, -0.2) is 9.13 Å². The fourth-order valence-electron chi connectivity index (χ4n) is 4.09. The number of hydrogen-bond acceptors (Lipinski definition) is 0. The molecule has 3 nitrogen and oxygen atoms in total. The molecule has 0 spiro atoms. The quantitative estimate of drug-likeness (QED) is 0.351. The van der Waals surface area contributed by atoms with Crippen LogP contribution in [0.4, 0.5) is 0 Å². The monoisotopic (exact) mass is 417 g/mol. The highest BCUT2D eigenvalue weighted by Crippen LogP contribution is 2.30. The van der Waals surface area contributed by atoms with Crippen LogP contribution in [0.1, 0.15) is 22.3 Å². The molecule has 0 amide bonds. The van der Waals surface area contributed by atoms with Crippen LogP contribution in [0, 0.1) is 0 Å². The molecule has 5 aromatic rings. The van der Waals surface area contributed by atoms with Crippen molar-refractivity contribution in [2.24, 2.45) is 21.1 Å². The Morgan fingerprint density at radius 2 is 0.906 bits per heavy atom. The molecule has 0 aliphatic heterocycles. The van der Waals surface area contributed by atoms with Gasteiger partial charge in [0.15, 0.2) is 24.8 Å². The first kappa shape index (κ1) is 20.0. The Kier molecular flexibility index (Phi) is 5.16. The molecule has 0 saturated heterocycles. The minimum absolute atomic E-state index is 1.20. The minimum Gasteiger partial charge on any atom is -0.344 e. The number of hydrogen-bond donors (Lipinski definition) is 0. The van der Waals surface area contributed by atoms with Crippen LogP contribution in [0.15, 0.2) is 85.5 Å². The number of pyridine rings is 2. The molecule has 0 aliphatic rings. The molecule has 0 bridgehead atoms. The molecule has 0 atom stereocenters. The van der Waals surface area contributed by atoms with E-state index in [1.807, 2.05) is 23.2 Å². The summed E-state index contributed by atoms with van der Waals surface area (Å²) in [4.78, 5) is 0. The molecule has 0 fully saturated rings. The van der Waals surface area contributed by atoms with Crippen molar-refractivity contribution in [1.82, 2.24) is 4.57 Å². The molecule has 3 aromatic heterocycles. The van der Waals surface area contributed by atoms with Gasteiger partial charge in [0.1, 0.15) is 14.1 Å². The van der Waals surface area contributed by atoms with E-state index < -0.39 is 0 Å². The topological polar surface area (TPSA) is 12.7 Å². The van der Waals surface area contributed by atoms with Crippen LogP contribution >= 0.6 is 0 Å². The Morgan fingerprint density at radius 1 is 0.531 bits per heavy atom. The van der Waals surface area contributed by atoms with Crippen LogP contribution in [0.25, 0.3) is 46.1 Å². The van der Waals surface area contributed by atoms with Gasteiger partial charge in [-0.3, -0.25) is 0 Å². The van der Waals surface area contributed by atoms with Gasteiger partial charge >= 0.3 is 0 Å². The van der Waals surface area contributed by atoms with Crippen LogP contribution in [0.2, 0.25) is 0 Å². The summed E-state index contributed by atoms with van der Waals surface area (Å²) in [5.41, 5.74) is 7.31. The molecular weight excluding hydrogens is 390 g/mol. The standard InChI is InChI=1S/C29H27N3/c1-30-16-12-22(13-17-30)4-6-24-8-10-28-26(20-24)27-21-25(9-11-29(27)32(28)3)7-5-23-14-18-31(2)19-15-23/h4-21H,1-3H3/q+2. The van der Waals surface area contributed by atoms with Crippen LogP contribution in [-0.2, 0) is 21.1 Å². The predicted molar refractivity (Wildman–Crippen MR) is 134 cm³/mol. The summed E-state index contributed by atoms with van der Waals surface area (Å²) in [6.07, 6.45) is 17.0. The van der Waals surface area contributed by atoms with Crippen LogP contribution < -0.4 is 9.13 Å². The molecule has 0 saturated carbocycles. The Labute approximate surface area is 188 Å². The van der Waals surface area contributed by atoms with E-state index in [0.29, 0.717) is 0 Å². The van der Waals surface area contributed by atoms with E-state index in [1.54, 1.807) is 0 Å². The second kappa shape index (κ2) is 8.27. The minimum atomic E-state index is 1.20. The molecule has 156 valence electrons. The number of fused-ring (bicyclic) bond motifs is 3. The summed E-state index contributed by atoms with van der Waals surface area (Å²) in [7, 11) is 6.21. The number of rotatable bonds is 4. The second-order valence-corrected chi connectivity index (χ2v) is 8.37. The van der Waals surface area contributed by atoms with Gasteiger partial charge in [-0.15, -0.1) is 0 Å². The van der Waals surface area contributed by atoms with Crippen molar-refractivity contribution >= 4 is 46.1 Å². The zero-order valence-electron chi connectivity index (χ0n) is 18.7. The van der Waals surface area contributed by atoms with Gasteiger partial charge in [-0.1, -0.05) is 36.4 Å². The number of nitrogens with zero attached hydrogens (tertiary/aromatic N) is 3. The maximum absolute atomic E-state index is 2.29. The maximum Gasteiger partial charge on any atom is 0.169 e. The third-order valence-electron chi connectivity index (χ3n) is 6.00. The third kappa shape index (κ3) is 3.97. The highest BCUT2D eigenvalue weighted by Gasteiger charge is 2.09. The van der Waals surface area contributed by atoms with Gasteiger partial charge in [0.25, 0.3) is 0 Å². The van der Waals surface area contributed by atoms with Crippen molar-refractivity contribution in [2.45, 2.75) is 0 Å². The lowest BCUT2D eigenvalue weighted by Crippen LogP contribution is -2.25. The number of aryl methyl sites for hydroxylation is 3. The Morgan fingerprint density at radius 3 is 1.31 bits per heavy atom. The van der Waals surface area contributed by atoms with Crippen molar-refractivity contribution in [1.29, 1.82) is 0 Å². The zero-order chi connectivity index (χ0) is 22.1. The van der Waals surface area contributed by atoms with Gasteiger partial charge in [-0.2, -0.15) is 0 Å². The summed E-state index contributed by atoms with van der Waals surface area (Å²) in [5, 5.41) is 2.57. The van der Waals surface area contributed by atoms with Gasteiger partial charge < -0.3 is 4.57 Å². The van der Waals surface area contributed by atoms with E-state index in [9.17, 15) is 0 Å². The summed E-state index contributed by atoms with van der Waals surface area (Å²) in [6.45, 7) is 0. The third-order valence-corrected chi connectivity index (χ3v) is 6.00. The van der Waals surface area contributed by atoms with Crippen molar-refractivity contribution in [3.8, 4) is 0 Å². The molecule has 0 unspecified atom stereocenters. The fraction of sp³-hybridized carbons (Fsp3) is 0.103. The molecule has 2 aromatic carbocycles. The molecule has 0 aliphatic carbocycles. The molecule has 0 N–H and O–H groups in total. The van der Waals surface area contributed by atoms with Crippen LogP contribution in [0.5, 0.6) is 0 Å². The van der Waals surface area contributed by atoms with Crippen molar-refractivity contribution in [3.05, 3.63) is 108 Å². The maximum atomic E-state index is 2.29. The summed E-state index contributed by atoms with van der Waals surface area (Å²) in [5.74, 6) is 0. The molecule has 32 heavy (non-hydrogen) atoms. The van der Waals surface area contributed by atoms with Crippen LogP contribution in [0.3, 0.4) is 0 Å². The summed E-state index contributed by atoms with van der Waals surface area (Å²) >= 11 is 0. The first-order valence-electron chi connectivity index (χ1n) is 10.9. The van der Waals surface area contributed by atoms with Gasteiger partial charge in [0, 0.05) is 53.1 Å². The number of benzene rings is 2. The smallest absolute Gasteiger partial charge is 0.169 e. The first-order valence-corrected chi connectivity index (χ1v) is 10.9. The SMILES string of the molecule is Cn1c2ccc(/C=C/c3cc[n+](C)cc3)cc2c2cc(/C=C/c3cc[n+](C)cc3)ccc21. The van der Waals surface area contributed by atoms with Gasteiger partial charge in [-0.05, 0) is 46.5 Å². The largest absolute Gasteiger partial charge is 0.344 e. The average molecular weight is 418 g/mol. The molecule has 0 radical (unpaired) electrons. The van der Waals surface area contributed by atoms with E-state index in [1.165, 1.54) is 44.1 Å². The molecule has 5 rings (SSSR count). The predicted octanol–water partition coefficient (Wildman–Crippen LogP) is 5.32. The zero-order valence-corrected chi connectivity index (χ0v) is 18.7. The van der Waals surface area contributed by atoms with E-state index in [-0.39, 0.29) is 0 Å². The van der Waals surface area contributed by atoms with E-state index in [0.717, 1.165) is 0 Å². The van der Waals surface area contributed by atoms with Gasteiger partial charge in [0.05, 0.1) is 0 Å². The Balaban J connectivity index is 1.52. The van der Waals surface area contributed by atoms with Crippen molar-refractivity contribution in [2.75, 3.05) is 0 Å². The lowest BCUT2D eigenvalue weighted by Gasteiger charge is -1.99. The van der Waals surface area contributed by atoms with Crippen LogP contribution in [-0.4, -0.2) is 4.57 Å². The van der Waals surface area contributed by atoms with E-state index in [2.05, 4.69) is 121 Å².